The molecule has 2 N–H and O–H groups in total. The molecule has 0 saturated carbocycles. The summed E-state index contributed by atoms with van der Waals surface area (Å²) in [4.78, 5) is 15.7. The van der Waals surface area contributed by atoms with Crippen molar-refractivity contribution in [1.29, 1.82) is 0 Å². The van der Waals surface area contributed by atoms with E-state index in [0.717, 1.165) is 31.7 Å². The Morgan fingerprint density at radius 1 is 1.69 bits per heavy atom. The molecule has 5 heteroatoms. The van der Waals surface area contributed by atoms with E-state index in [4.69, 9.17) is 0 Å². The highest BCUT2D eigenvalue weighted by atomic mass is 16.1. The van der Waals surface area contributed by atoms with Gasteiger partial charge in [0.15, 0.2) is 0 Å². The van der Waals surface area contributed by atoms with Crippen LogP contribution < -0.4 is 10.6 Å². The van der Waals surface area contributed by atoms with Crippen LogP contribution in [0.3, 0.4) is 0 Å². The van der Waals surface area contributed by atoms with Gasteiger partial charge >= 0.3 is 0 Å². The molecule has 1 saturated heterocycles. The SMILES string of the molecule is CCCNC(=O)Cn1cncc1C1CNC1. The molecule has 1 aliphatic rings. The van der Waals surface area contributed by atoms with Gasteiger partial charge in [-0.2, -0.15) is 0 Å². The van der Waals surface area contributed by atoms with E-state index >= 15 is 0 Å². The molecule has 0 radical (unpaired) electrons. The number of amides is 1. The van der Waals surface area contributed by atoms with Crippen molar-refractivity contribution < 1.29 is 4.79 Å². The lowest BCUT2D eigenvalue weighted by Gasteiger charge is -2.27. The average Bonchev–Trinajstić information content (AvgIpc) is 2.61. The average molecular weight is 222 g/mol. The van der Waals surface area contributed by atoms with Gasteiger partial charge in [0.05, 0.1) is 6.33 Å². The molecule has 1 aromatic rings. The Morgan fingerprint density at radius 2 is 2.50 bits per heavy atom. The summed E-state index contributed by atoms with van der Waals surface area (Å²) in [5, 5.41) is 6.09. The van der Waals surface area contributed by atoms with Crippen LogP contribution in [0, 0.1) is 0 Å². The van der Waals surface area contributed by atoms with Gasteiger partial charge in [0.2, 0.25) is 5.91 Å². The highest BCUT2D eigenvalue weighted by molar-refractivity contribution is 5.75. The highest BCUT2D eigenvalue weighted by Crippen LogP contribution is 2.18. The zero-order valence-electron chi connectivity index (χ0n) is 9.57. The third-order valence-electron chi connectivity index (χ3n) is 2.83. The van der Waals surface area contributed by atoms with Crippen molar-refractivity contribution in [2.45, 2.75) is 25.8 Å². The quantitative estimate of drug-likeness (QED) is 0.742. The Balaban J connectivity index is 1.93. The maximum atomic E-state index is 11.6. The third kappa shape index (κ3) is 2.41. The Kier molecular flexibility index (Phi) is 3.56. The van der Waals surface area contributed by atoms with Crippen molar-refractivity contribution >= 4 is 5.91 Å². The number of nitrogens with one attached hydrogen (secondary N) is 2. The van der Waals surface area contributed by atoms with Crippen LogP contribution in [0.1, 0.15) is 25.0 Å². The molecule has 0 atom stereocenters. The van der Waals surface area contributed by atoms with Crippen LogP contribution in [0.5, 0.6) is 0 Å². The first-order chi connectivity index (χ1) is 7.81. The van der Waals surface area contributed by atoms with Crippen molar-refractivity contribution in [2.75, 3.05) is 19.6 Å². The van der Waals surface area contributed by atoms with E-state index in [1.807, 2.05) is 17.7 Å². The van der Waals surface area contributed by atoms with Crippen LogP contribution in [0.15, 0.2) is 12.5 Å². The maximum Gasteiger partial charge on any atom is 0.239 e. The number of imidazole rings is 1. The summed E-state index contributed by atoms with van der Waals surface area (Å²) < 4.78 is 1.94. The van der Waals surface area contributed by atoms with Crippen molar-refractivity contribution in [3.63, 3.8) is 0 Å². The molecule has 1 amide bonds. The van der Waals surface area contributed by atoms with E-state index in [1.54, 1.807) is 6.33 Å². The summed E-state index contributed by atoms with van der Waals surface area (Å²) in [6.07, 6.45) is 4.56. The molecule has 0 aliphatic carbocycles. The maximum absolute atomic E-state index is 11.6. The number of aromatic nitrogens is 2. The summed E-state index contributed by atoms with van der Waals surface area (Å²) in [5.41, 5.74) is 1.16. The molecular formula is C11H18N4O. The molecule has 5 nitrogen and oxygen atoms in total. The van der Waals surface area contributed by atoms with E-state index in [9.17, 15) is 4.79 Å². The molecule has 1 fully saturated rings. The predicted molar refractivity (Wildman–Crippen MR) is 61.1 cm³/mol. The monoisotopic (exact) mass is 222 g/mol. The third-order valence-corrected chi connectivity index (χ3v) is 2.83. The molecule has 16 heavy (non-hydrogen) atoms. The Labute approximate surface area is 95.2 Å². The first-order valence-electron chi connectivity index (χ1n) is 5.78. The zero-order valence-corrected chi connectivity index (χ0v) is 9.57. The van der Waals surface area contributed by atoms with Crippen LogP contribution >= 0.6 is 0 Å². The van der Waals surface area contributed by atoms with Crippen LogP contribution in [-0.4, -0.2) is 35.1 Å². The van der Waals surface area contributed by atoms with Gasteiger partial charge in [0, 0.05) is 37.4 Å². The molecule has 0 spiro atoms. The lowest BCUT2D eigenvalue weighted by Crippen LogP contribution is -2.41. The van der Waals surface area contributed by atoms with Crippen LogP contribution in [0.2, 0.25) is 0 Å². The summed E-state index contributed by atoms with van der Waals surface area (Å²) in [6.45, 7) is 5.15. The van der Waals surface area contributed by atoms with Gasteiger partial charge in [0.25, 0.3) is 0 Å². The first kappa shape index (κ1) is 11.1. The number of hydrogen-bond acceptors (Lipinski definition) is 3. The van der Waals surface area contributed by atoms with Gasteiger partial charge in [-0.25, -0.2) is 4.98 Å². The second-order valence-electron chi connectivity index (χ2n) is 4.15. The Bertz CT molecular complexity index is 357. The fraction of sp³-hybridized carbons (Fsp3) is 0.636. The number of carbonyl (C=O) groups excluding carboxylic acids is 1. The molecule has 1 aliphatic heterocycles. The molecule has 2 heterocycles. The van der Waals surface area contributed by atoms with E-state index in [-0.39, 0.29) is 5.91 Å². The molecule has 0 bridgehead atoms. The zero-order chi connectivity index (χ0) is 11.4. The molecule has 0 aromatic carbocycles. The predicted octanol–water partition coefficient (Wildman–Crippen LogP) is 0.0961. The van der Waals surface area contributed by atoms with Gasteiger partial charge in [0.1, 0.15) is 6.54 Å². The molecule has 2 rings (SSSR count). The van der Waals surface area contributed by atoms with Gasteiger partial charge in [-0.3, -0.25) is 4.79 Å². The Morgan fingerprint density at radius 3 is 3.12 bits per heavy atom. The highest BCUT2D eigenvalue weighted by Gasteiger charge is 2.22. The van der Waals surface area contributed by atoms with Gasteiger partial charge in [-0.1, -0.05) is 6.92 Å². The fourth-order valence-corrected chi connectivity index (χ4v) is 1.78. The second kappa shape index (κ2) is 5.12. The lowest BCUT2D eigenvalue weighted by molar-refractivity contribution is -0.121. The molecule has 88 valence electrons. The standard InChI is InChI=1S/C11H18N4O/c1-2-3-14-11(16)7-15-8-13-6-10(15)9-4-12-5-9/h6,8-9,12H,2-5,7H2,1H3,(H,14,16). The van der Waals surface area contributed by atoms with Crippen LogP contribution in [-0.2, 0) is 11.3 Å². The number of nitrogens with zero attached hydrogens (tertiary/aromatic N) is 2. The number of carbonyl (C=O) groups is 1. The van der Waals surface area contributed by atoms with Crippen LogP contribution in [0.25, 0.3) is 0 Å². The number of rotatable bonds is 5. The van der Waals surface area contributed by atoms with Gasteiger partial charge < -0.3 is 15.2 Å². The van der Waals surface area contributed by atoms with Gasteiger partial charge in [-0.05, 0) is 6.42 Å². The van der Waals surface area contributed by atoms with E-state index in [2.05, 4.69) is 15.6 Å². The topological polar surface area (TPSA) is 59.0 Å². The Hall–Kier alpha value is -1.36. The van der Waals surface area contributed by atoms with Gasteiger partial charge in [-0.15, -0.1) is 0 Å². The summed E-state index contributed by atoms with van der Waals surface area (Å²) in [7, 11) is 0. The summed E-state index contributed by atoms with van der Waals surface area (Å²) in [5.74, 6) is 0.579. The molecule has 0 unspecified atom stereocenters. The molecular weight excluding hydrogens is 204 g/mol. The van der Waals surface area contributed by atoms with E-state index in [1.165, 1.54) is 0 Å². The normalized spacial score (nSPS) is 15.8. The smallest absolute Gasteiger partial charge is 0.239 e. The van der Waals surface area contributed by atoms with Crippen molar-refractivity contribution in [3.8, 4) is 0 Å². The van der Waals surface area contributed by atoms with Crippen molar-refractivity contribution in [1.82, 2.24) is 20.2 Å². The minimum atomic E-state index is 0.0633. The van der Waals surface area contributed by atoms with Crippen LogP contribution in [0.4, 0.5) is 0 Å². The molecule has 1 aromatic heterocycles. The lowest BCUT2D eigenvalue weighted by atomic mass is 10.00. The van der Waals surface area contributed by atoms with Crippen molar-refractivity contribution in [3.05, 3.63) is 18.2 Å². The van der Waals surface area contributed by atoms with E-state index in [0.29, 0.717) is 12.5 Å². The minimum absolute atomic E-state index is 0.0633. The number of hydrogen-bond donors (Lipinski definition) is 2. The summed E-state index contributed by atoms with van der Waals surface area (Å²) >= 11 is 0. The largest absolute Gasteiger partial charge is 0.355 e. The summed E-state index contributed by atoms with van der Waals surface area (Å²) in [6, 6.07) is 0. The fourth-order valence-electron chi connectivity index (χ4n) is 1.78. The first-order valence-corrected chi connectivity index (χ1v) is 5.78. The second-order valence-corrected chi connectivity index (χ2v) is 4.15. The van der Waals surface area contributed by atoms with E-state index < -0.39 is 0 Å². The van der Waals surface area contributed by atoms with Crippen molar-refractivity contribution in [2.24, 2.45) is 0 Å². The minimum Gasteiger partial charge on any atom is -0.355 e.